The second kappa shape index (κ2) is 6.60. The molecule has 2 rings (SSSR count). The summed E-state index contributed by atoms with van der Waals surface area (Å²) < 4.78 is 12.8. The van der Waals surface area contributed by atoms with Crippen LogP contribution < -0.4 is 11.1 Å². The van der Waals surface area contributed by atoms with E-state index in [9.17, 15) is 14.0 Å². The minimum Gasteiger partial charge on any atom is -0.368 e. The Kier molecular flexibility index (Phi) is 4.61. The van der Waals surface area contributed by atoms with E-state index in [-0.39, 0.29) is 17.9 Å². The second-order valence-electron chi connectivity index (χ2n) is 4.47. The van der Waals surface area contributed by atoms with Crippen molar-refractivity contribution in [3.8, 4) is 0 Å². The van der Waals surface area contributed by atoms with Gasteiger partial charge in [0.1, 0.15) is 17.6 Å². The zero-order chi connectivity index (χ0) is 15.2. The standard InChI is InChI=1S/C15H14FN3O2/c16-11-6-4-10(5-7-11)9-13(14(17)20)19-15(21)12-3-1-2-8-18-12/h1-8,13H,9H2,(H2,17,20)(H,19,21)/t13-/m1/s1. The summed E-state index contributed by atoms with van der Waals surface area (Å²) in [5.41, 5.74) is 6.19. The number of nitrogens with two attached hydrogens (primary N) is 1. The lowest BCUT2D eigenvalue weighted by molar-refractivity contribution is -0.119. The number of aromatic nitrogens is 1. The fraction of sp³-hybridized carbons (Fsp3) is 0.133. The SMILES string of the molecule is NC(=O)[C@@H](Cc1ccc(F)cc1)NC(=O)c1ccccn1. The van der Waals surface area contributed by atoms with Gasteiger partial charge in [-0.2, -0.15) is 0 Å². The van der Waals surface area contributed by atoms with Gasteiger partial charge in [0.05, 0.1) is 0 Å². The molecule has 0 aliphatic carbocycles. The summed E-state index contributed by atoms with van der Waals surface area (Å²) in [6.07, 6.45) is 1.67. The number of hydrogen-bond donors (Lipinski definition) is 2. The summed E-state index contributed by atoms with van der Waals surface area (Å²) >= 11 is 0. The van der Waals surface area contributed by atoms with E-state index in [4.69, 9.17) is 5.73 Å². The quantitative estimate of drug-likeness (QED) is 0.862. The van der Waals surface area contributed by atoms with Crippen molar-refractivity contribution in [2.45, 2.75) is 12.5 Å². The van der Waals surface area contributed by atoms with Gasteiger partial charge in [-0.05, 0) is 29.8 Å². The summed E-state index contributed by atoms with van der Waals surface area (Å²) in [5, 5.41) is 2.53. The molecule has 1 atom stereocenters. The molecule has 6 heteroatoms. The fourth-order valence-electron chi connectivity index (χ4n) is 1.81. The van der Waals surface area contributed by atoms with Crippen molar-refractivity contribution in [1.29, 1.82) is 0 Å². The maximum absolute atomic E-state index is 12.8. The van der Waals surface area contributed by atoms with E-state index in [1.807, 2.05) is 0 Å². The summed E-state index contributed by atoms with van der Waals surface area (Å²) in [6.45, 7) is 0. The van der Waals surface area contributed by atoms with E-state index in [1.165, 1.54) is 36.5 Å². The van der Waals surface area contributed by atoms with E-state index >= 15 is 0 Å². The first-order chi connectivity index (χ1) is 10.1. The Labute approximate surface area is 121 Å². The monoisotopic (exact) mass is 287 g/mol. The Morgan fingerprint density at radius 2 is 1.90 bits per heavy atom. The molecule has 108 valence electrons. The number of nitrogens with zero attached hydrogens (tertiary/aromatic N) is 1. The molecule has 0 radical (unpaired) electrons. The van der Waals surface area contributed by atoms with Crippen LogP contribution in [0, 0.1) is 5.82 Å². The molecule has 0 unspecified atom stereocenters. The van der Waals surface area contributed by atoms with Crippen LogP contribution in [0.3, 0.4) is 0 Å². The van der Waals surface area contributed by atoms with Crippen LogP contribution in [0.4, 0.5) is 4.39 Å². The van der Waals surface area contributed by atoms with Gasteiger partial charge in [-0.25, -0.2) is 4.39 Å². The molecule has 1 heterocycles. The summed E-state index contributed by atoms with van der Waals surface area (Å²) in [7, 11) is 0. The zero-order valence-electron chi connectivity index (χ0n) is 11.1. The van der Waals surface area contributed by atoms with E-state index in [0.29, 0.717) is 5.56 Å². The van der Waals surface area contributed by atoms with E-state index in [0.717, 1.165) is 0 Å². The molecule has 0 saturated carbocycles. The van der Waals surface area contributed by atoms with Gasteiger partial charge in [-0.3, -0.25) is 14.6 Å². The number of hydrogen-bond acceptors (Lipinski definition) is 3. The molecule has 3 N–H and O–H groups in total. The number of nitrogens with one attached hydrogen (secondary N) is 1. The van der Waals surface area contributed by atoms with Gasteiger partial charge in [0, 0.05) is 12.6 Å². The molecular formula is C15H14FN3O2. The highest BCUT2D eigenvalue weighted by Crippen LogP contribution is 2.06. The van der Waals surface area contributed by atoms with Crippen LogP contribution in [0.25, 0.3) is 0 Å². The molecule has 0 aliphatic heterocycles. The Balaban J connectivity index is 2.07. The number of rotatable bonds is 5. The van der Waals surface area contributed by atoms with Crippen LogP contribution in [0.2, 0.25) is 0 Å². The number of pyridine rings is 1. The third-order valence-electron chi connectivity index (χ3n) is 2.90. The lowest BCUT2D eigenvalue weighted by Gasteiger charge is -2.15. The molecule has 2 aromatic rings. The first kappa shape index (κ1) is 14.6. The molecule has 21 heavy (non-hydrogen) atoms. The predicted octanol–water partition coefficient (Wildman–Crippen LogP) is 1.05. The highest BCUT2D eigenvalue weighted by atomic mass is 19.1. The Morgan fingerprint density at radius 3 is 2.48 bits per heavy atom. The van der Waals surface area contributed by atoms with Crippen molar-refractivity contribution >= 4 is 11.8 Å². The van der Waals surface area contributed by atoms with Crippen LogP contribution >= 0.6 is 0 Å². The third kappa shape index (κ3) is 4.10. The molecule has 0 saturated heterocycles. The first-order valence-corrected chi connectivity index (χ1v) is 6.32. The van der Waals surface area contributed by atoms with Crippen LogP contribution in [0.1, 0.15) is 16.1 Å². The number of amides is 2. The Bertz CT molecular complexity index is 629. The third-order valence-corrected chi connectivity index (χ3v) is 2.90. The smallest absolute Gasteiger partial charge is 0.270 e. The number of halogens is 1. The average Bonchev–Trinajstić information content (AvgIpc) is 2.49. The lowest BCUT2D eigenvalue weighted by atomic mass is 10.1. The molecule has 0 spiro atoms. The number of carbonyl (C=O) groups is 2. The van der Waals surface area contributed by atoms with Crippen molar-refractivity contribution in [3.63, 3.8) is 0 Å². The van der Waals surface area contributed by atoms with Crippen LogP contribution in [0.15, 0.2) is 48.7 Å². The van der Waals surface area contributed by atoms with E-state index < -0.39 is 17.9 Å². The number of primary amides is 1. The summed E-state index contributed by atoms with van der Waals surface area (Å²) in [5.74, 6) is -1.52. The van der Waals surface area contributed by atoms with Gasteiger partial charge in [-0.15, -0.1) is 0 Å². The van der Waals surface area contributed by atoms with Crippen LogP contribution in [-0.2, 0) is 11.2 Å². The molecule has 0 fully saturated rings. The van der Waals surface area contributed by atoms with Crippen LogP contribution in [-0.4, -0.2) is 22.8 Å². The topological polar surface area (TPSA) is 85.1 Å². The molecule has 5 nitrogen and oxygen atoms in total. The van der Waals surface area contributed by atoms with Gasteiger partial charge in [-0.1, -0.05) is 18.2 Å². The zero-order valence-corrected chi connectivity index (χ0v) is 11.1. The number of carbonyl (C=O) groups excluding carboxylic acids is 2. The maximum Gasteiger partial charge on any atom is 0.270 e. The lowest BCUT2D eigenvalue weighted by Crippen LogP contribution is -2.46. The van der Waals surface area contributed by atoms with Gasteiger partial charge in [0.25, 0.3) is 5.91 Å². The highest BCUT2D eigenvalue weighted by Gasteiger charge is 2.19. The summed E-state index contributed by atoms with van der Waals surface area (Å²) in [4.78, 5) is 27.3. The first-order valence-electron chi connectivity index (χ1n) is 6.32. The molecule has 0 aliphatic rings. The van der Waals surface area contributed by atoms with Crippen LogP contribution in [0.5, 0.6) is 0 Å². The van der Waals surface area contributed by atoms with E-state index in [1.54, 1.807) is 12.1 Å². The Morgan fingerprint density at radius 1 is 1.19 bits per heavy atom. The van der Waals surface area contributed by atoms with Gasteiger partial charge in [0.2, 0.25) is 5.91 Å². The Hall–Kier alpha value is -2.76. The molecular weight excluding hydrogens is 273 g/mol. The largest absolute Gasteiger partial charge is 0.368 e. The molecule has 2 amide bonds. The second-order valence-corrected chi connectivity index (χ2v) is 4.47. The summed E-state index contributed by atoms with van der Waals surface area (Å²) in [6, 6.07) is 9.65. The van der Waals surface area contributed by atoms with Crippen molar-refractivity contribution in [2.24, 2.45) is 5.73 Å². The van der Waals surface area contributed by atoms with Crippen molar-refractivity contribution < 1.29 is 14.0 Å². The minimum absolute atomic E-state index is 0.189. The maximum atomic E-state index is 12.8. The predicted molar refractivity (Wildman–Crippen MR) is 74.8 cm³/mol. The van der Waals surface area contributed by atoms with Crippen molar-refractivity contribution in [2.75, 3.05) is 0 Å². The number of benzene rings is 1. The average molecular weight is 287 g/mol. The fourth-order valence-corrected chi connectivity index (χ4v) is 1.81. The van der Waals surface area contributed by atoms with E-state index in [2.05, 4.69) is 10.3 Å². The van der Waals surface area contributed by atoms with Gasteiger partial charge >= 0.3 is 0 Å². The normalized spacial score (nSPS) is 11.7. The van der Waals surface area contributed by atoms with Gasteiger partial charge in [0.15, 0.2) is 0 Å². The minimum atomic E-state index is -0.884. The van der Waals surface area contributed by atoms with Crippen molar-refractivity contribution in [1.82, 2.24) is 10.3 Å². The molecule has 1 aromatic heterocycles. The van der Waals surface area contributed by atoms with Gasteiger partial charge < -0.3 is 11.1 Å². The highest BCUT2D eigenvalue weighted by molar-refractivity contribution is 5.95. The molecule has 0 bridgehead atoms. The van der Waals surface area contributed by atoms with Crippen molar-refractivity contribution in [3.05, 3.63) is 65.7 Å². The molecule has 1 aromatic carbocycles.